The maximum Gasteiger partial charge on any atom is 0.339 e. The van der Waals surface area contributed by atoms with E-state index < -0.39 is 5.97 Å². The van der Waals surface area contributed by atoms with Crippen LogP contribution in [-0.2, 0) is 0 Å². The van der Waals surface area contributed by atoms with Crippen molar-refractivity contribution >= 4 is 33.5 Å². The summed E-state index contributed by atoms with van der Waals surface area (Å²) in [5.74, 6) is -0.373. The topological polar surface area (TPSA) is 46.5 Å². The molecule has 0 aliphatic carbocycles. The van der Waals surface area contributed by atoms with Gasteiger partial charge in [-0.3, -0.25) is 0 Å². The Morgan fingerprint density at radius 1 is 1.17 bits per heavy atom. The predicted molar refractivity (Wildman–Crippen MR) is 72.6 cm³/mol. The zero-order valence-corrected chi connectivity index (χ0v) is 11.4. The van der Waals surface area contributed by atoms with Crippen LogP contribution in [0.4, 0.5) is 0 Å². The van der Waals surface area contributed by atoms with Gasteiger partial charge in [0.05, 0.1) is 5.02 Å². The van der Waals surface area contributed by atoms with E-state index in [9.17, 15) is 4.79 Å². The van der Waals surface area contributed by atoms with Gasteiger partial charge in [-0.15, -0.1) is 0 Å². The fraction of sp³-hybridized carbons (Fsp3) is 0. The largest absolute Gasteiger partial charge is 0.478 e. The van der Waals surface area contributed by atoms with Gasteiger partial charge in [-0.2, -0.15) is 0 Å². The third-order valence-electron chi connectivity index (χ3n) is 2.23. The van der Waals surface area contributed by atoms with Crippen molar-refractivity contribution in [3.05, 3.63) is 57.5 Å². The monoisotopic (exact) mass is 326 g/mol. The lowest BCUT2D eigenvalue weighted by atomic mass is 10.2. The van der Waals surface area contributed by atoms with E-state index in [1.54, 1.807) is 36.4 Å². The number of halogens is 2. The van der Waals surface area contributed by atoms with Crippen LogP contribution in [0.15, 0.2) is 46.9 Å². The molecule has 0 aromatic heterocycles. The molecule has 0 fully saturated rings. The van der Waals surface area contributed by atoms with Crippen LogP contribution in [0.2, 0.25) is 5.02 Å². The Morgan fingerprint density at radius 2 is 1.89 bits per heavy atom. The number of para-hydroxylation sites is 1. The second-order valence-corrected chi connectivity index (χ2v) is 4.80. The summed E-state index contributed by atoms with van der Waals surface area (Å²) in [6, 6.07) is 11.5. The first-order valence-electron chi connectivity index (χ1n) is 5.03. The Balaban J connectivity index is 2.37. The van der Waals surface area contributed by atoms with Crippen LogP contribution in [-0.4, -0.2) is 11.1 Å². The minimum Gasteiger partial charge on any atom is -0.478 e. The highest BCUT2D eigenvalue weighted by Gasteiger charge is 2.12. The first-order chi connectivity index (χ1) is 8.58. The van der Waals surface area contributed by atoms with Crippen molar-refractivity contribution in [2.24, 2.45) is 0 Å². The number of carbonyl (C=O) groups is 1. The van der Waals surface area contributed by atoms with Crippen LogP contribution in [0, 0.1) is 0 Å². The van der Waals surface area contributed by atoms with Gasteiger partial charge >= 0.3 is 5.97 Å². The SMILES string of the molecule is O=C(O)c1ccccc1Oc1ccc(Br)cc1Cl. The summed E-state index contributed by atoms with van der Waals surface area (Å²) >= 11 is 9.29. The molecule has 18 heavy (non-hydrogen) atoms. The number of aromatic carboxylic acids is 1. The lowest BCUT2D eigenvalue weighted by molar-refractivity contribution is 0.0694. The molecule has 0 aliphatic heterocycles. The first-order valence-corrected chi connectivity index (χ1v) is 6.20. The van der Waals surface area contributed by atoms with Gasteiger partial charge < -0.3 is 9.84 Å². The highest BCUT2D eigenvalue weighted by Crippen LogP contribution is 2.33. The quantitative estimate of drug-likeness (QED) is 0.896. The van der Waals surface area contributed by atoms with Gasteiger partial charge in [-0.05, 0) is 30.3 Å². The Kier molecular flexibility index (Phi) is 3.89. The van der Waals surface area contributed by atoms with E-state index in [0.29, 0.717) is 10.8 Å². The van der Waals surface area contributed by atoms with Crippen molar-refractivity contribution in [2.45, 2.75) is 0 Å². The van der Waals surface area contributed by atoms with Crippen molar-refractivity contribution in [2.75, 3.05) is 0 Å². The Hall–Kier alpha value is -1.52. The Labute approximate surface area is 117 Å². The van der Waals surface area contributed by atoms with E-state index >= 15 is 0 Å². The van der Waals surface area contributed by atoms with E-state index in [1.807, 2.05) is 0 Å². The molecular formula is C13H8BrClO3. The van der Waals surface area contributed by atoms with E-state index in [-0.39, 0.29) is 11.3 Å². The zero-order valence-electron chi connectivity index (χ0n) is 9.06. The van der Waals surface area contributed by atoms with E-state index in [0.717, 1.165) is 4.47 Å². The molecule has 1 N–H and O–H groups in total. The summed E-state index contributed by atoms with van der Waals surface area (Å²) in [6.45, 7) is 0. The predicted octanol–water partition coefficient (Wildman–Crippen LogP) is 4.59. The van der Waals surface area contributed by atoms with E-state index in [1.165, 1.54) is 6.07 Å². The van der Waals surface area contributed by atoms with Crippen molar-refractivity contribution in [3.63, 3.8) is 0 Å². The van der Waals surface area contributed by atoms with Gasteiger partial charge in [0.2, 0.25) is 0 Å². The molecule has 92 valence electrons. The number of carboxylic acids is 1. The van der Waals surface area contributed by atoms with Crippen LogP contribution in [0.5, 0.6) is 11.5 Å². The van der Waals surface area contributed by atoms with Gasteiger partial charge in [0, 0.05) is 4.47 Å². The minimum absolute atomic E-state index is 0.0940. The number of carboxylic acid groups (broad SMARTS) is 1. The normalized spacial score (nSPS) is 10.1. The van der Waals surface area contributed by atoms with Gasteiger partial charge in [-0.25, -0.2) is 4.79 Å². The maximum atomic E-state index is 11.0. The van der Waals surface area contributed by atoms with E-state index in [2.05, 4.69) is 15.9 Å². The van der Waals surface area contributed by atoms with Crippen molar-refractivity contribution in [1.29, 1.82) is 0 Å². The number of hydrogen-bond donors (Lipinski definition) is 1. The third kappa shape index (κ3) is 2.83. The molecule has 3 nitrogen and oxygen atoms in total. The van der Waals surface area contributed by atoms with Crippen LogP contribution in [0.3, 0.4) is 0 Å². The molecule has 0 bridgehead atoms. The molecule has 0 aliphatic rings. The Bertz CT molecular complexity index is 599. The van der Waals surface area contributed by atoms with Crippen molar-refractivity contribution in [3.8, 4) is 11.5 Å². The van der Waals surface area contributed by atoms with Gasteiger partial charge in [0.1, 0.15) is 17.1 Å². The van der Waals surface area contributed by atoms with Crippen molar-refractivity contribution < 1.29 is 14.6 Å². The van der Waals surface area contributed by atoms with Crippen molar-refractivity contribution in [1.82, 2.24) is 0 Å². The molecule has 0 saturated carbocycles. The summed E-state index contributed by atoms with van der Waals surface area (Å²) in [6.07, 6.45) is 0. The van der Waals surface area contributed by atoms with Crippen LogP contribution >= 0.6 is 27.5 Å². The summed E-state index contributed by atoms with van der Waals surface area (Å²) in [4.78, 5) is 11.0. The lowest BCUT2D eigenvalue weighted by Crippen LogP contribution is -1.99. The van der Waals surface area contributed by atoms with E-state index in [4.69, 9.17) is 21.4 Å². The molecule has 0 atom stereocenters. The molecule has 2 aromatic rings. The van der Waals surface area contributed by atoms with Gasteiger partial charge in [0.15, 0.2) is 0 Å². The zero-order chi connectivity index (χ0) is 13.1. The maximum absolute atomic E-state index is 11.0. The highest BCUT2D eigenvalue weighted by molar-refractivity contribution is 9.10. The smallest absolute Gasteiger partial charge is 0.339 e. The molecule has 0 unspecified atom stereocenters. The molecule has 0 radical (unpaired) electrons. The average molecular weight is 328 g/mol. The fourth-order valence-corrected chi connectivity index (χ4v) is 2.12. The molecule has 2 rings (SSSR count). The summed E-state index contributed by atoms with van der Waals surface area (Å²) in [7, 11) is 0. The number of benzene rings is 2. The second-order valence-electron chi connectivity index (χ2n) is 3.48. The van der Waals surface area contributed by atoms with Crippen LogP contribution in [0.25, 0.3) is 0 Å². The molecular weight excluding hydrogens is 319 g/mol. The number of rotatable bonds is 3. The standard InChI is InChI=1S/C13H8BrClO3/c14-8-5-6-12(10(15)7-8)18-11-4-2-1-3-9(11)13(16)17/h1-7H,(H,16,17). The number of ether oxygens (including phenoxy) is 1. The first kappa shape index (κ1) is 12.9. The third-order valence-corrected chi connectivity index (χ3v) is 3.02. The highest BCUT2D eigenvalue weighted by atomic mass is 79.9. The van der Waals surface area contributed by atoms with Crippen LogP contribution in [0.1, 0.15) is 10.4 Å². The molecule has 5 heteroatoms. The van der Waals surface area contributed by atoms with Gasteiger partial charge in [-0.1, -0.05) is 39.7 Å². The summed E-state index contributed by atoms with van der Waals surface area (Å²) in [5, 5.41) is 9.44. The minimum atomic E-state index is -1.04. The van der Waals surface area contributed by atoms with Crippen LogP contribution < -0.4 is 4.74 Å². The number of hydrogen-bond acceptors (Lipinski definition) is 2. The van der Waals surface area contributed by atoms with Gasteiger partial charge in [0.25, 0.3) is 0 Å². The molecule has 2 aromatic carbocycles. The molecule has 0 amide bonds. The fourth-order valence-electron chi connectivity index (χ4n) is 1.41. The molecule has 0 heterocycles. The molecule has 0 saturated heterocycles. The molecule has 0 spiro atoms. The second kappa shape index (κ2) is 5.42. The Morgan fingerprint density at radius 3 is 2.56 bits per heavy atom. The summed E-state index contributed by atoms with van der Waals surface area (Å²) in [5.41, 5.74) is 0.0940. The summed E-state index contributed by atoms with van der Waals surface area (Å²) < 4.78 is 6.35. The average Bonchev–Trinajstić information content (AvgIpc) is 2.33. The lowest BCUT2D eigenvalue weighted by Gasteiger charge is -2.10.